The van der Waals surface area contributed by atoms with E-state index in [2.05, 4.69) is 17.2 Å². The van der Waals surface area contributed by atoms with Crippen LogP contribution < -0.4 is 11.1 Å². The summed E-state index contributed by atoms with van der Waals surface area (Å²) >= 11 is 0. The molecule has 0 radical (unpaired) electrons. The van der Waals surface area contributed by atoms with Crippen molar-refractivity contribution in [1.82, 2.24) is 5.32 Å². The van der Waals surface area contributed by atoms with Crippen molar-refractivity contribution in [1.29, 1.82) is 0 Å². The summed E-state index contributed by atoms with van der Waals surface area (Å²) in [6.45, 7) is 4.05. The molecular weight excluding hydrogens is 126 g/mol. The molecule has 1 aliphatic heterocycles. The van der Waals surface area contributed by atoms with Crippen LogP contribution >= 0.6 is 0 Å². The van der Waals surface area contributed by atoms with Gasteiger partial charge in [0.25, 0.3) is 0 Å². The maximum Gasteiger partial charge on any atom is 0.113 e. The number of amidine groups is 1. The smallest absolute Gasteiger partial charge is 0.113 e. The van der Waals surface area contributed by atoms with E-state index >= 15 is 0 Å². The van der Waals surface area contributed by atoms with Crippen LogP contribution in [0.2, 0.25) is 0 Å². The normalized spacial score (nSPS) is 21.2. The Balaban J connectivity index is 2.44. The summed E-state index contributed by atoms with van der Waals surface area (Å²) in [5.74, 6) is 0.994. The minimum absolute atomic E-state index is 0.125. The molecule has 1 heterocycles. The fourth-order valence-electron chi connectivity index (χ4n) is 0.993. The number of nitrogens with one attached hydrogen (secondary N) is 1. The van der Waals surface area contributed by atoms with Gasteiger partial charge >= 0.3 is 0 Å². The molecule has 0 spiro atoms. The topological polar surface area (TPSA) is 50.4 Å². The lowest BCUT2D eigenvalue weighted by Crippen LogP contribution is -2.43. The molecule has 3 nitrogen and oxygen atoms in total. The third-order valence-electron chi connectivity index (χ3n) is 1.71. The second-order valence-corrected chi connectivity index (χ2v) is 2.56. The van der Waals surface area contributed by atoms with Crippen LogP contribution in [-0.4, -0.2) is 25.0 Å². The fourth-order valence-corrected chi connectivity index (χ4v) is 0.993. The summed E-state index contributed by atoms with van der Waals surface area (Å²) in [5.41, 5.74) is 5.75. The minimum atomic E-state index is 0.125. The summed E-state index contributed by atoms with van der Waals surface area (Å²) in [6, 6.07) is 0.125. The standard InChI is InChI=1S/C7H15N3/c1-2-6(8)7-9-4-3-5-10-7/h6H,2-5,8H2,1H3,(H,9,10). The summed E-state index contributed by atoms with van der Waals surface area (Å²) in [6.07, 6.45) is 2.10. The van der Waals surface area contributed by atoms with Gasteiger partial charge in [-0.05, 0) is 12.8 Å². The molecule has 0 saturated carbocycles. The van der Waals surface area contributed by atoms with E-state index in [0.717, 1.165) is 31.8 Å². The van der Waals surface area contributed by atoms with E-state index in [-0.39, 0.29) is 6.04 Å². The molecule has 1 aliphatic rings. The summed E-state index contributed by atoms with van der Waals surface area (Å²) in [5, 5.41) is 3.19. The van der Waals surface area contributed by atoms with Gasteiger partial charge in [-0.15, -0.1) is 0 Å². The van der Waals surface area contributed by atoms with Gasteiger partial charge in [0.2, 0.25) is 0 Å². The molecule has 0 amide bonds. The van der Waals surface area contributed by atoms with E-state index in [9.17, 15) is 0 Å². The van der Waals surface area contributed by atoms with Crippen LogP contribution in [0.4, 0.5) is 0 Å². The van der Waals surface area contributed by atoms with Gasteiger partial charge < -0.3 is 11.1 Å². The van der Waals surface area contributed by atoms with Crippen LogP contribution in [0.25, 0.3) is 0 Å². The first-order chi connectivity index (χ1) is 4.84. The van der Waals surface area contributed by atoms with Gasteiger partial charge in [-0.3, -0.25) is 4.99 Å². The Labute approximate surface area is 61.7 Å². The van der Waals surface area contributed by atoms with Crippen LogP contribution in [0.1, 0.15) is 19.8 Å². The number of aliphatic imine (C=N–C) groups is 1. The Bertz CT molecular complexity index is 131. The molecule has 3 heteroatoms. The number of nitrogens with two attached hydrogens (primary N) is 1. The number of hydrogen-bond acceptors (Lipinski definition) is 3. The quantitative estimate of drug-likeness (QED) is 0.573. The van der Waals surface area contributed by atoms with Gasteiger partial charge in [0, 0.05) is 13.1 Å². The second-order valence-electron chi connectivity index (χ2n) is 2.56. The first-order valence-corrected chi connectivity index (χ1v) is 3.88. The Hall–Kier alpha value is -0.570. The van der Waals surface area contributed by atoms with Crippen LogP contribution in [-0.2, 0) is 0 Å². The van der Waals surface area contributed by atoms with Gasteiger partial charge in [-0.2, -0.15) is 0 Å². The zero-order valence-electron chi connectivity index (χ0n) is 6.43. The van der Waals surface area contributed by atoms with E-state index in [4.69, 9.17) is 5.73 Å². The van der Waals surface area contributed by atoms with Crippen LogP contribution in [0, 0.1) is 0 Å². The molecule has 0 fully saturated rings. The van der Waals surface area contributed by atoms with Crippen molar-refractivity contribution >= 4 is 5.84 Å². The van der Waals surface area contributed by atoms with Crippen molar-refractivity contribution in [2.45, 2.75) is 25.8 Å². The highest BCUT2D eigenvalue weighted by molar-refractivity contribution is 5.87. The third kappa shape index (κ3) is 1.70. The van der Waals surface area contributed by atoms with Crippen molar-refractivity contribution in [3.05, 3.63) is 0 Å². The molecule has 10 heavy (non-hydrogen) atoms. The Morgan fingerprint density at radius 2 is 2.60 bits per heavy atom. The third-order valence-corrected chi connectivity index (χ3v) is 1.71. The molecule has 0 aromatic carbocycles. The molecule has 58 valence electrons. The molecule has 3 N–H and O–H groups in total. The lowest BCUT2D eigenvalue weighted by Gasteiger charge is -2.18. The van der Waals surface area contributed by atoms with Crippen molar-refractivity contribution in [3.8, 4) is 0 Å². The summed E-state index contributed by atoms with van der Waals surface area (Å²) in [4.78, 5) is 4.28. The van der Waals surface area contributed by atoms with Crippen LogP contribution in [0.3, 0.4) is 0 Å². The van der Waals surface area contributed by atoms with Crippen LogP contribution in [0.15, 0.2) is 4.99 Å². The van der Waals surface area contributed by atoms with Crippen molar-refractivity contribution < 1.29 is 0 Å². The lowest BCUT2D eigenvalue weighted by atomic mass is 10.2. The molecule has 0 aliphatic carbocycles. The van der Waals surface area contributed by atoms with Gasteiger partial charge in [0.05, 0.1) is 6.04 Å². The molecule has 0 aromatic heterocycles. The first-order valence-electron chi connectivity index (χ1n) is 3.88. The molecule has 1 rings (SSSR count). The second kappa shape index (κ2) is 3.56. The predicted octanol–water partition coefficient (Wildman–Crippen LogP) is 0.115. The Morgan fingerprint density at radius 1 is 1.80 bits per heavy atom. The van der Waals surface area contributed by atoms with Gasteiger partial charge in [-0.25, -0.2) is 0 Å². The van der Waals surface area contributed by atoms with E-state index in [1.54, 1.807) is 0 Å². The van der Waals surface area contributed by atoms with Gasteiger partial charge in [0.1, 0.15) is 5.84 Å². The largest absolute Gasteiger partial charge is 0.372 e. The molecule has 0 bridgehead atoms. The SMILES string of the molecule is CCC(N)C1=NCCCN1. The summed E-state index contributed by atoms with van der Waals surface area (Å²) < 4.78 is 0. The lowest BCUT2D eigenvalue weighted by molar-refractivity contribution is 0.687. The maximum absolute atomic E-state index is 5.75. The van der Waals surface area contributed by atoms with Gasteiger partial charge in [0.15, 0.2) is 0 Å². The van der Waals surface area contributed by atoms with E-state index < -0.39 is 0 Å². The van der Waals surface area contributed by atoms with Crippen molar-refractivity contribution in [2.24, 2.45) is 10.7 Å². The molecule has 1 atom stereocenters. The molecule has 0 saturated heterocycles. The molecule has 1 unspecified atom stereocenters. The number of hydrogen-bond donors (Lipinski definition) is 2. The Kier molecular flexibility index (Phi) is 2.68. The average Bonchev–Trinajstić information content (AvgIpc) is 2.05. The maximum atomic E-state index is 5.75. The minimum Gasteiger partial charge on any atom is -0.372 e. The first kappa shape index (κ1) is 7.54. The fraction of sp³-hybridized carbons (Fsp3) is 0.857. The highest BCUT2D eigenvalue weighted by Crippen LogP contribution is 1.95. The monoisotopic (exact) mass is 141 g/mol. The summed E-state index contributed by atoms with van der Waals surface area (Å²) in [7, 11) is 0. The van der Waals surface area contributed by atoms with Crippen molar-refractivity contribution in [3.63, 3.8) is 0 Å². The highest BCUT2D eigenvalue weighted by atomic mass is 15.0. The van der Waals surface area contributed by atoms with Gasteiger partial charge in [-0.1, -0.05) is 6.92 Å². The Morgan fingerprint density at radius 3 is 3.10 bits per heavy atom. The highest BCUT2D eigenvalue weighted by Gasteiger charge is 2.09. The zero-order valence-corrected chi connectivity index (χ0v) is 6.43. The predicted molar refractivity (Wildman–Crippen MR) is 43.2 cm³/mol. The van der Waals surface area contributed by atoms with E-state index in [1.807, 2.05) is 0 Å². The average molecular weight is 141 g/mol. The number of nitrogens with zero attached hydrogens (tertiary/aromatic N) is 1. The number of rotatable bonds is 2. The van der Waals surface area contributed by atoms with Crippen molar-refractivity contribution in [2.75, 3.05) is 13.1 Å². The molecule has 0 aromatic rings. The zero-order chi connectivity index (χ0) is 7.40. The van der Waals surface area contributed by atoms with E-state index in [1.165, 1.54) is 0 Å². The van der Waals surface area contributed by atoms with E-state index in [0.29, 0.717) is 0 Å². The van der Waals surface area contributed by atoms with Crippen LogP contribution in [0.5, 0.6) is 0 Å². The molecular formula is C7H15N3.